The van der Waals surface area contributed by atoms with Gasteiger partial charge in [0.25, 0.3) is 0 Å². The Morgan fingerprint density at radius 3 is 2.90 bits per heavy atom. The molecule has 1 saturated heterocycles. The molecule has 0 unspecified atom stereocenters. The summed E-state index contributed by atoms with van der Waals surface area (Å²) in [6.07, 6.45) is 4.18. The zero-order valence-electron chi connectivity index (χ0n) is 11.9. The Balaban J connectivity index is 1.58. The van der Waals surface area contributed by atoms with E-state index in [0.29, 0.717) is 13.2 Å². The Bertz CT molecular complexity index is 499. The van der Waals surface area contributed by atoms with E-state index in [2.05, 4.69) is 17.0 Å². The molecule has 2 bridgehead atoms. The second-order valence-corrected chi connectivity index (χ2v) is 6.08. The van der Waals surface area contributed by atoms with Crippen LogP contribution >= 0.6 is 0 Å². The number of ether oxygens (including phenoxy) is 3. The molecule has 4 nitrogen and oxygen atoms in total. The van der Waals surface area contributed by atoms with Crippen LogP contribution in [0.15, 0.2) is 12.1 Å². The maximum atomic E-state index is 5.71. The zero-order valence-corrected chi connectivity index (χ0v) is 11.9. The van der Waals surface area contributed by atoms with E-state index >= 15 is 0 Å². The van der Waals surface area contributed by atoms with Gasteiger partial charge in [-0.05, 0) is 42.9 Å². The van der Waals surface area contributed by atoms with Crippen LogP contribution in [0.3, 0.4) is 0 Å². The van der Waals surface area contributed by atoms with E-state index in [-0.39, 0.29) is 0 Å². The minimum atomic E-state index is 0.596. The van der Waals surface area contributed by atoms with Crippen molar-refractivity contribution in [1.82, 2.24) is 4.90 Å². The summed E-state index contributed by atoms with van der Waals surface area (Å²) in [6.45, 7) is 3.46. The number of likely N-dealkylation sites (tertiary alicyclic amines) is 1. The van der Waals surface area contributed by atoms with Gasteiger partial charge in [0.1, 0.15) is 13.2 Å². The summed E-state index contributed by atoms with van der Waals surface area (Å²) < 4.78 is 16.8. The molecule has 4 rings (SSSR count). The summed E-state index contributed by atoms with van der Waals surface area (Å²) in [6, 6.07) is 5.00. The average Bonchev–Trinajstić information content (AvgIpc) is 3.09. The average molecular weight is 275 g/mol. The van der Waals surface area contributed by atoms with Gasteiger partial charge in [-0.25, -0.2) is 0 Å². The topological polar surface area (TPSA) is 30.9 Å². The maximum absolute atomic E-state index is 5.71. The van der Waals surface area contributed by atoms with Crippen LogP contribution in [0.1, 0.15) is 24.8 Å². The number of fused-ring (bicyclic) bond motifs is 3. The summed E-state index contributed by atoms with van der Waals surface area (Å²) in [5.74, 6) is 3.31. The molecule has 1 aromatic rings. The first kappa shape index (κ1) is 12.3. The highest BCUT2D eigenvalue weighted by Crippen LogP contribution is 2.42. The number of piperidine rings is 1. The summed E-state index contributed by atoms with van der Waals surface area (Å²) >= 11 is 0. The fourth-order valence-corrected chi connectivity index (χ4v) is 3.87. The van der Waals surface area contributed by atoms with Crippen LogP contribution in [0.5, 0.6) is 17.2 Å². The van der Waals surface area contributed by atoms with Crippen molar-refractivity contribution in [3.05, 3.63) is 17.7 Å². The number of hydrogen-bond acceptors (Lipinski definition) is 4. The lowest BCUT2D eigenvalue weighted by molar-refractivity contribution is 0.163. The molecule has 0 spiro atoms. The van der Waals surface area contributed by atoms with Gasteiger partial charge in [0.05, 0.1) is 7.11 Å². The van der Waals surface area contributed by atoms with Crippen molar-refractivity contribution in [3.63, 3.8) is 0 Å². The number of methoxy groups -OCH3 is 1. The van der Waals surface area contributed by atoms with E-state index in [9.17, 15) is 0 Å². The summed E-state index contributed by atoms with van der Waals surface area (Å²) in [7, 11) is 1.69. The molecule has 4 heteroatoms. The van der Waals surface area contributed by atoms with Gasteiger partial charge >= 0.3 is 0 Å². The highest BCUT2D eigenvalue weighted by Gasteiger charge is 2.37. The molecule has 0 aromatic heterocycles. The van der Waals surface area contributed by atoms with Gasteiger partial charge in [-0.15, -0.1) is 0 Å². The van der Waals surface area contributed by atoms with Crippen molar-refractivity contribution < 1.29 is 14.2 Å². The first-order valence-electron chi connectivity index (χ1n) is 7.54. The van der Waals surface area contributed by atoms with Crippen molar-refractivity contribution in [2.45, 2.75) is 31.8 Å². The van der Waals surface area contributed by atoms with Crippen LogP contribution in [0.25, 0.3) is 0 Å². The number of hydrogen-bond donors (Lipinski definition) is 0. The van der Waals surface area contributed by atoms with E-state index in [1.807, 2.05) is 0 Å². The van der Waals surface area contributed by atoms with Gasteiger partial charge in [0.15, 0.2) is 11.5 Å². The van der Waals surface area contributed by atoms with Gasteiger partial charge in [0.2, 0.25) is 5.75 Å². The normalized spacial score (nSPS) is 27.9. The second-order valence-electron chi connectivity index (χ2n) is 6.08. The fraction of sp³-hybridized carbons (Fsp3) is 0.625. The lowest BCUT2D eigenvalue weighted by atomic mass is 10.1. The van der Waals surface area contributed by atoms with Crippen LogP contribution in [-0.4, -0.2) is 37.8 Å². The minimum absolute atomic E-state index is 0.596. The number of rotatable bonds is 3. The third-order valence-corrected chi connectivity index (χ3v) is 4.80. The van der Waals surface area contributed by atoms with Crippen molar-refractivity contribution in [3.8, 4) is 17.2 Å². The molecule has 108 valence electrons. The SMILES string of the molecule is COc1cc(CN2C[C@H]3CC[C@H]2C3)cc2c1OCCO2. The van der Waals surface area contributed by atoms with Crippen molar-refractivity contribution in [2.75, 3.05) is 26.9 Å². The molecular weight excluding hydrogens is 254 g/mol. The minimum Gasteiger partial charge on any atom is -0.493 e. The lowest BCUT2D eigenvalue weighted by Crippen LogP contribution is -2.31. The molecule has 2 fully saturated rings. The Labute approximate surface area is 119 Å². The van der Waals surface area contributed by atoms with E-state index in [0.717, 1.165) is 35.8 Å². The molecule has 0 amide bonds. The zero-order chi connectivity index (χ0) is 13.5. The third kappa shape index (κ3) is 2.03. The van der Waals surface area contributed by atoms with E-state index < -0.39 is 0 Å². The summed E-state index contributed by atoms with van der Waals surface area (Å²) in [4.78, 5) is 2.61. The standard InChI is InChI=1S/C16H21NO3/c1-18-14-7-12(8-15-16(14)20-5-4-19-15)10-17-9-11-2-3-13(17)6-11/h7-8,11,13H,2-6,9-10H2,1H3/t11-,13-/m0/s1. The van der Waals surface area contributed by atoms with Gasteiger partial charge in [-0.1, -0.05) is 0 Å². The predicted octanol–water partition coefficient (Wildman–Crippen LogP) is 2.45. The second kappa shape index (κ2) is 4.85. The summed E-state index contributed by atoms with van der Waals surface area (Å²) in [5, 5.41) is 0. The Morgan fingerprint density at radius 2 is 2.15 bits per heavy atom. The first-order valence-corrected chi connectivity index (χ1v) is 7.54. The summed E-state index contributed by atoms with van der Waals surface area (Å²) in [5.41, 5.74) is 1.26. The van der Waals surface area contributed by atoms with Crippen LogP contribution in [0.2, 0.25) is 0 Å². The highest BCUT2D eigenvalue weighted by atomic mass is 16.6. The molecule has 2 heterocycles. The van der Waals surface area contributed by atoms with Crippen LogP contribution in [0.4, 0.5) is 0 Å². The molecule has 20 heavy (non-hydrogen) atoms. The Morgan fingerprint density at radius 1 is 1.25 bits per heavy atom. The highest BCUT2D eigenvalue weighted by molar-refractivity contribution is 5.54. The molecule has 3 aliphatic rings. The van der Waals surface area contributed by atoms with Crippen molar-refractivity contribution >= 4 is 0 Å². The van der Waals surface area contributed by atoms with Gasteiger partial charge in [0, 0.05) is 19.1 Å². The Kier molecular flexibility index (Phi) is 2.99. The molecule has 0 radical (unpaired) electrons. The Hall–Kier alpha value is -1.42. The monoisotopic (exact) mass is 275 g/mol. The lowest BCUT2D eigenvalue weighted by Gasteiger charge is -2.28. The number of nitrogens with zero attached hydrogens (tertiary/aromatic N) is 1. The molecule has 1 aliphatic carbocycles. The van der Waals surface area contributed by atoms with Crippen molar-refractivity contribution in [2.24, 2.45) is 5.92 Å². The first-order chi connectivity index (χ1) is 9.83. The maximum Gasteiger partial charge on any atom is 0.203 e. The van der Waals surface area contributed by atoms with E-state index in [4.69, 9.17) is 14.2 Å². The molecule has 2 aliphatic heterocycles. The van der Waals surface area contributed by atoms with Crippen LogP contribution in [-0.2, 0) is 6.54 Å². The van der Waals surface area contributed by atoms with Crippen LogP contribution in [0, 0.1) is 5.92 Å². The van der Waals surface area contributed by atoms with Crippen molar-refractivity contribution in [1.29, 1.82) is 0 Å². The fourth-order valence-electron chi connectivity index (χ4n) is 3.87. The van der Waals surface area contributed by atoms with E-state index in [1.165, 1.54) is 31.4 Å². The van der Waals surface area contributed by atoms with Gasteiger partial charge < -0.3 is 14.2 Å². The predicted molar refractivity (Wildman–Crippen MR) is 75.5 cm³/mol. The molecule has 2 atom stereocenters. The van der Waals surface area contributed by atoms with Crippen LogP contribution < -0.4 is 14.2 Å². The molecule has 1 aromatic carbocycles. The van der Waals surface area contributed by atoms with E-state index in [1.54, 1.807) is 7.11 Å². The molecule has 0 N–H and O–H groups in total. The largest absolute Gasteiger partial charge is 0.493 e. The smallest absolute Gasteiger partial charge is 0.203 e. The van der Waals surface area contributed by atoms with Gasteiger partial charge in [-0.2, -0.15) is 0 Å². The molecular formula is C16H21NO3. The molecule has 1 saturated carbocycles. The quantitative estimate of drug-likeness (QED) is 0.848. The third-order valence-electron chi connectivity index (χ3n) is 4.80. The van der Waals surface area contributed by atoms with Gasteiger partial charge in [-0.3, -0.25) is 4.90 Å². The number of benzene rings is 1.